The number of rotatable bonds is 3. The van der Waals surface area contributed by atoms with Crippen LogP contribution in [0.4, 0.5) is 11.4 Å². The highest BCUT2D eigenvalue weighted by atomic mass is 35.5. The highest BCUT2D eigenvalue weighted by molar-refractivity contribution is 6.30. The molecule has 3 atom stereocenters. The van der Waals surface area contributed by atoms with Crippen LogP contribution in [-0.2, 0) is 14.3 Å². The van der Waals surface area contributed by atoms with Crippen molar-refractivity contribution in [1.82, 2.24) is 0 Å². The van der Waals surface area contributed by atoms with Gasteiger partial charge in [-0.2, -0.15) is 0 Å². The Morgan fingerprint density at radius 3 is 2.42 bits per heavy atom. The van der Waals surface area contributed by atoms with Gasteiger partial charge in [0.1, 0.15) is 0 Å². The van der Waals surface area contributed by atoms with Crippen LogP contribution >= 0.6 is 11.6 Å². The molecule has 6 heteroatoms. The summed E-state index contributed by atoms with van der Waals surface area (Å²) in [6.45, 7) is 0. The van der Waals surface area contributed by atoms with E-state index in [1.165, 1.54) is 7.11 Å². The molecule has 1 saturated heterocycles. The van der Waals surface area contributed by atoms with Crippen molar-refractivity contribution < 1.29 is 14.3 Å². The van der Waals surface area contributed by atoms with Crippen molar-refractivity contribution in [3.63, 3.8) is 0 Å². The lowest BCUT2D eigenvalue weighted by atomic mass is 9.72. The Balaban J connectivity index is 1.78. The number of carbonyl (C=O) groups excluding carboxylic acids is 2. The van der Waals surface area contributed by atoms with Crippen LogP contribution in [0.5, 0.6) is 0 Å². The van der Waals surface area contributed by atoms with E-state index in [0.717, 1.165) is 22.5 Å². The summed E-state index contributed by atoms with van der Waals surface area (Å²) >= 11 is 6.13. The molecule has 5 nitrogen and oxygen atoms in total. The molecular weight excluding hydrogens is 412 g/mol. The highest BCUT2D eigenvalue weighted by Crippen LogP contribution is 2.60. The van der Waals surface area contributed by atoms with E-state index in [2.05, 4.69) is 10.2 Å². The van der Waals surface area contributed by atoms with Gasteiger partial charge in [0.05, 0.1) is 19.2 Å². The van der Waals surface area contributed by atoms with Gasteiger partial charge in [0, 0.05) is 16.4 Å². The number of nitrogens with zero attached hydrogens (tertiary/aromatic N) is 1. The summed E-state index contributed by atoms with van der Waals surface area (Å²) in [5.74, 6) is -0.859. The lowest BCUT2D eigenvalue weighted by Gasteiger charge is -2.41. The third-order valence-electron chi connectivity index (χ3n) is 6.36. The first-order valence-corrected chi connectivity index (χ1v) is 10.5. The summed E-state index contributed by atoms with van der Waals surface area (Å²) in [7, 11) is 1.34. The molecule has 3 aromatic rings. The highest BCUT2D eigenvalue weighted by Gasteiger charge is 2.65. The molecule has 2 heterocycles. The van der Waals surface area contributed by atoms with Crippen molar-refractivity contribution in [2.24, 2.45) is 5.41 Å². The summed E-state index contributed by atoms with van der Waals surface area (Å²) in [6.07, 6.45) is 0.293. The van der Waals surface area contributed by atoms with E-state index in [-0.39, 0.29) is 11.9 Å². The summed E-state index contributed by atoms with van der Waals surface area (Å²) in [4.78, 5) is 29.0. The lowest BCUT2D eigenvalue weighted by molar-refractivity contribution is -0.158. The van der Waals surface area contributed by atoms with Crippen LogP contribution in [0.1, 0.15) is 29.6 Å². The SMILES string of the molecule is COC(=O)[C@]12C[C@@H](c3ccc(Cl)cc3)N(c3ccccc3)[C@H]1c1ccccc1NC2=O. The van der Waals surface area contributed by atoms with Crippen LogP contribution in [0.25, 0.3) is 0 Å². The summed E-state index contributed by atoms with van der Waals surface area (Å²) in [6, 6.07) is 24.4. The summed E-state index contributed by atoms with van der Waals surface area (Å²) in [5.41, 5.74) is 2.16. The van der Waals surface area contributed by atoms with Crippen molar-refractivity contribution in [2.45, 2.75) is 18.5 Å². The maximum Gasteiger partial charge on any atom is 0.324 e. The van der Waals surface area contributed by atoms with E-state index in [4.69, 9.17) is 16.3 Å². The number of hydrogen-bond acceptors (Lipinski definition) is 4. The van der Waals surface area contributed by atoms with Gasteiger partial charge in [0.15, 0.2) is 5.41 Å². The predicted molar refractivity (Wildman–Crippen MR) is 120 cm³/mol. The van der Waals surface area contributed by atoms with Gasteiger partial charge in [-0.25, -0.2) is 0 Å². The molecular formula is C25H21ClN2O3. The molecule has 2 aliphatic rings. The van der Waals surface area contributed by atoms with Gasteiger partial charge >= 0.3 is 5.97 Å². The molecule has 1 N–H and O–H groups in total. The Morgan fingerprint density at radius 2 is 1.71 bits per heavy atom. The molecule has 0 bridgehead atoms. The summed E-state index contributed by atoms with van der Waals surface area (Å²) < 4.78 is 5.22. The van der Waals surface area contributed by atoms with Gasteiger partial charge in [-0.15, -0.1) is 0 Å². The van der Waals surface area contributed by atoms with Gasteiger partial charge in [0.25, 0.3) is 0 Å². The number of amides is 1. The van der Waals surface area contributed by atoms with Gasteiger partial charge in [0.2, 0.25) is 5.91 Å². The molecule has 31 heavy (non-hydrogen) atoms. The molecule has 3 aromatic carbocycles. The quantitative estimate of drug-likeness (QED) is 0.459. The number of nitrogens with one attached hydrogen (secondary N) is 1. The zero-order valence-corrected chi connectivity index (χ0v) is 17.7. The summed E-state index contributed by atoms with van der Waals surface area (Å²) in [5, 5.41) is 3.59. The average molecular weight is 433 g/mol. The van der Waals surface area contributed by atoms with E-state index in [1.54, 1.807) is 0 Å². The van der Waals surface area contributed by atoms with Gasteiger partial charge in [-0.05, 0) is 47.9 Å². The molecule has 2 aliphatic heterocycles. The minimum atomic E-state index is -1.37. The Bertz CT molecular complexity index is 1150. The van der Waals surface area contributed by atoms with Crippen LogP contribution in [0.2, 0.25) is 5.02 Å². The second-order valence-electron chi connectivity index (χ2n) is 7.92. The number of hydrogen-bond donors (Lipinski definition) is 1. The average Bonchev–Trinajstić information content (AvgIpc) is 3.18. The fourth-order valence-corrected chi connectivity index (χ4v) is 5.14. The van der Waals surface area contributed by atoms with E-state index < -0.39 is 17.4 Å². The van der Waals surface area contributed by atoms with Crippen LogP contribution < -0.4 is 10.2 Å². The van der Waals surface area contributed by atoms with E-state index >= 15 is 0 Å². The molecule has 0 spiro atoms. The van der Waals surface area contributed by atoms with Crippen molar-refractivity contribution in [3.8, 4) is 0 Å². The standard InChI is InChI=1S/C25H21ClN2O3/c1-31-24(30)25-15-21(16-11-13-17(26)14-12-16)28(18-7-3-2-4-8-18)22(25)19-9-5-6-10-20(19)27-23(25)29/h2-14,21-22H,15H2,1H3,(H,27,29)/t21-,22-,25+/m0/s1. The number of esters is 1. The van der Waals surface area contributed by atoms with E-state index in [9.17, 15) is 9.59 Å². The number of para-hydroxylation sites is 2. The molecule has 1 fully saturated rings. The Morgan fingerprint density at radius 1 is 1.03 bits per heavy atom. The number of carbonyl (C=O) groups is 2. The Kier molecular flexibility index (Phi) is 4.71. The van der Waals surface area contributed by atoms with Gasteiger partial charge < -0.3 is 15.0 Å². The van der Waals surface area contributed by atoms with Crippen molar-refractivity contribution in [3.05, 3.63) is 95.0 Å². The number of anilines is 2. The third kappa shape index (κ3) is 2.92. The minimum absolute atomic E-state index is 0.222. The van der Waals surface area contributed by atoms with E-state index in [0.29, 0.717) is 11.4 Å². The molecule has 156 valence electrons. The van der Waals surface area contributed by atoms with Crippen LogP contribution in [0.3, 0.4) is 0 Å². The lowest BCUT2D eigenvalue weighted by Crippen LogP contribution is -2.51. The Hall–Kier alpha value is -3.31. The van der Waals surface area contributed by atoms with Crippen LogP contribution in [0.15, 0.2) is 78.9 Å². The smallest absolute Gasteiger partial charge is 0.324 e. The number of ether oxygens (including phenoxy) is 1. The van der Waals surface area contributed by atoms with Crippen LogP contribution in [-0.4, -0.2) is 19.0 Å². The van der Waals surface area contributed by atoms with Gasteiger partial charge in [-0.1, -0.05) is 60.1 Å². The van der Waals surface area contributed by atoms with Crippen molar-refractivity contribution in [1.29, 1.82) is 0 Å². The first kappa shape index (κ1) is 19.6. The molecule has 5 rings (SSSR count). The zero-order valence-electron chi connectivity index (χ0n) is 16.9. The molecule has 0 unspecified atom stereocenters. The number of fused-ring (bicyclic) bond motifs is 3. The fraction of sp³-hybridized carbons (Fsp3) is 0.200. The second kappa shape index (κ2) is 7.43. The molecule has 0 radical (unpaired) electrons. The number of halogens is 1. The second-order valence-corrected chi connectivity index (χ2v) is 8.36. The molecule has 0 aromatic heterocycles. The first-order chi connectivity index (χ1) is 15.1. The molecule has 1 amide bonds. The number of benzene rings is 3. The normalized spacial score (nSPS) is 24.2. The maximum absolute atomic E-state index is 13.5. The van der Waals surface area contributed by atoms with Gasteiger partial charge in [-0.3, -0.25) is 9.59 Å². The maximum atomic E-state index is 13.5. The third-order valence-corrected chi connectivity index (χ3v) is 6.62. The van der Waals surface area contributed by atoms with Crippen molar-refractivity contribution in [2.75, 3.05) is 17.3 Å². The monoisotopic (exact) mass is 432 g/mol. The van der Waals surface area contributed by atoms with E-state index in [1.807, 2.05) is 78.9 Å². The Labute approximate surface area is 185 Å². The first-order valence-electron chi connectivity index (χ1n) is 10.1. The number of methoxy groups -OCH3 is 1. The van der Waals surface area contributed by atoms with Crippen LogP contribution in [0, 0.1) is 5.41 Å². The largest absolute Gasteiger partial charge is 0.468 e. The minimum Gasteiger partial charge on any atom is -0.468 e. The van der Waals surface area contributed by atoms with Crippen molar-refractivity contribution >= 4 is 34.9 Å². The topological polar surface area (TPSA) is 58.6 Å². The fourth-order valence-electron chi connectivity index (χ4n) is 5.01. The predicted octanol–water partition coefficient (Wildman–Crippen LogP) is 5.14. The zero-order chi connectivity index (χ0) is 21.6. The molecule has 0 saturated carbocycles. The molecule has 0 aliphatic carbocycles.